The standard InChI is InChI=1S/C20H24N2O5S/c1-21(28(24,25)16-10-11-18(26-2)19(13-16)27-3)14-20(23)22-12-6-8-15-7-4-5-9-17(15)22/h4-5,7,9-11,13H,6,8,12,14H2,1-3H3. The molecule has 0 aromatic heterocycles. The van der Waals surface area contributed by atoms with Gasteiger partial charge in [-0.25, -0.2) is 8.42 Å². The van der Waals surface area contributed by atoms with Crippen molar-refractivity contribution in [3.05, 3.63) is 48.0 Å². The van der Waals surface area contributed by atoms with Gasteiger partial charge in [-0.1, -0.05) is 18.2 Å². The molecule has 1 aliphatic heterocycles. The van der Waals surface area contributed by atoms with Crippen molar-refractivity contribution in [2.24, 2.45) is 0 Å². The third-order valence-electron chi connectivity index (χ3n) is 4.83. The Morgan fingerprint density at radius 1 is 1.11 bits per heavy atom. The van der Waals surface area contributed by atoms with E-state index in [0.717, 1.165) is 28.4 Å². The first-order chi connectivity index (χ1) is 13.4. The van der Waals surface area contributed by atoms with E-state index in [1.807, 2.05) is 24.3 Å². The van der Waals surface area contributed by atoms with Crippen LogP contribution in [0.5, 0.6) is 11.5 Å². The second-order valence-corrected chi connectivity index (χ2v) is 8.60. The monoisotopic (exact) mass is 404 g/mol. The summed E-state index contributed by atoms with van der Waals surface area (Å²) in [4.78, 5) is 14.6. The molecule has 0 spiro atoms. The normalized spacial score (nSPS) is 13.9. The number of anilines is 1. The molecule has 3 rings (SSSR count). The Morgan fingerprint density at radius 3 is 2.54 bits per heavy atom. The van der Waals surface area contributed by atoms with Crippen molar-refractivity contribution in [3.63, 3.8) is 0 Å². The van der Waals surface area contributed by atoms with Crippen LogP contribution >= 0.6 is 0 Å². The first-order valence-corrected chi connectivity index (χ1v) is 10.4. The molecule has 150 valence electrons. The van der Waals surface area contributed by atoms with E-state index in [1.165, 1.54) is 39.5 Å². The molecule has 7 nitrogen and oxygen atoms in total. The van der Waals surface area contributed by atoms with Crippen LogP contribution in [0.3, 0.4) is 0 Å². The van der Waals surface area contributed by atoms with Gasteiger partial charge in [0.1, 0.15) is 0 Å². The summed E-state index contributed by atoms with van der Waals surface area (Å²) in [5.41, 5.74) is 1.96. The van der Waals surface area contributed by atoms with E-state index in [2.05, 4.69) is 0 Å². The van der Waals surface area contributed by atoms with Crippen molar-refractivity contribution in [3.8, 4) is 11.5 Å². The van der Waals surface area contributed by atoms with E-state index >= 15 is 0 Å². The summed E-state index contributed by atoms with van der Waals surface area (Å²) < 4.78 is 37.2. The lowest BCUT2D eigenvalue weighted by Gasteiger charge is -2.30. The SMILES string of the molecule is COc1ccc(S(=O)(=O)N(C)CC(=O)N2CCCc3ccccc32)cc1OC. The van der Waals surface area contributed by atoms with Crippen molar-refractivity contribution in [2.45, 2.75) is 17.7 Å². The average Bonchev–Trinajstić information content (AvgIpc) is 2.72. The second-order valence-electron chi connectivity index (χ2n) is 6.56. The van der Waals surface area contributed by atoms with Crippen LogP contribution in [-0.2, 0) is 21.2 Å². The van der Waals surface area contributed by atoms with Crippen LogP contribution in [-0.4, -0.2) is 53.0 Å². The van der Waals surface area contributed by atoms with E-state index in [1.54, 1.807) is 4.90 Å². The number of aryl methyl sites for hydroxylation is 1. The number of rotatable bonds is 6. The fraction of sp³-hybridized carbons (Fsp3) is 0.350. The maximum Gasteiger partial charge on any atom is 0.243 e. The minimum atomic E-state index is -3.86. The minimum absolute atomic E-state index is 0.0412. The van der Waals surface area contributed by atoms with Gasteiger partial charge >= 0.3 is 0 Å². The summed E-state index contributed by atoms with van der Waals surface area (Å²) in [5, 5.41) is 0. The number of ether oxygens (including phenoxy) is 2. The molecule has 0 atom stereocenters. The van der Waals surface area contributed by atoms with Crippen molar-refractivity contribution in [2.75, 3.05) is 39.3 Å². The number of likely N-dealkylation sites (N-methyl/N-ethyl adjacent to an activating group) is 1. The number of fused-ring (bicyclic) bond motifs is 1. The van der Waals surface area contributed by atoms with E-state index in [-0.39, 0.29) is 17.3 Å². The molecule has 8 heteroatoms. The third-order valence-corrected chi connectivity index (χ3v) is 6.63. The van der Waals surface area contributed by atoms with Crippen LogP contribution in [0.4, 0.5) is 5.69 Å². The average molecular weight is 404 g/mol. The molecule has 0 unspecified atom stereocenters. The highest BCUT2D eigenvalue weighted by molar-refractivity contribution is 7.89. The van der Waals surface area contributed by atoms with E-state index in [4.69, 9.17) is 9.47 Å². The maximum atomic E-state index is 12.9. The van der Waals surface area contributed by atoms with Gasteiger partial charge in [-0.05, 0) is 36.6 Å². The molecule has 0 fully saturated rings. The Hall–Kier alpha value is -2.58. The van der Waals surface area contributed by atoms with Gasteiger partial charge < -0.3 is 14.4 Å². The Balaban J connectivity index is 1.81. The number of hydrogen-bond donors (Lipinski definition) is 0. The quantitative estimate of drug-likeness (QED) is 0.738. The second kappa shape index (κ2) is 8.20. The number of carbonyl (C=O) groups is 1. The van der Waals surface area contributed by atoms with Gasteiger partial charge in [0, 0.05) is 25.3 Å². The third kappa shape index (κ3) is 3.83. The molecule has 1 aliphatic rings. The number of nitrogens with zero attached hydrogens (tertiary/aromatic N) is 2. The summed E-state index contributed by atoms with van der Waals surface area (Å²) in [5.74, 6) is 0.497. The van der Waals surface area contributed by atoms with Crippen LogP contribution < -0.4 is 14.4 Å². The zero-order chi connectivity index (χ0) is 20.3. The molecule has 0 N–H and O–H groups in total. The van der Waals surface area contributed by atoms with Gasteiger partial charge in [0.2, 0.25) is 15.9 Å². The number of para-hydroxylation sites is 1. The molecule has 0 saturated carbocycles. The van der Waals surface area contributed by atoms with Crippen LogP contribution in [0.25, 0.3) is 0 Å². The van der Waals surface area contributed by atoms with Crippen molar-refractivity contribution in [1.29, 1.82) is 0 Å². The van der Waals surface area contributed by atoms with Gasteiger partial charge in [-0.2, -0.15) is 4.31 Å². The van der Waals surface area contributed by atoms with Crippen molar-refractivity contribution < 1.29 is 22.7 Å². The van der Waals surface area contributed by atoms with Crippen LogP contribution in [0.15, 0.2) is 47.4 Å². The lowest BCUT2D eigenvalue weighted by atomic mass is 10.0. The summed E-state index contributed by atoms with van der Waals surface area (Å²) in [6.07, 6.45) is 1.77. The highest BCUT2D eigenvalue weighted by Gasteiger charge is 2.28. The van der Waals surface area contributed by atoms with E-state index in [9.17, 15) is 13.2 Å². The van der Waals surface area contributed by atoms with Gasteiger partial charge in [0.25, 0.3) is 0 Å². The highest BCUT2D eigenvalue weighted by Crippen LogP contribution is 2.31. The molecular weight excluding hydrogens is 380 g/mol. The fourth-order valence-electron chi connectivity index (χ4n) is 3.31. The number of hydrogen-bond acceptors (Lipinski definition) is 5. The number of carbonyl (C=O) groups excluding carboxylic acids is 1. The molecule has 28 heavy (non-hydrogen) atoms. The summed E-state index contributed by atoms with van der Waals surface area (Å²) in [6.45, 7) is 0.338. The molecule has 0 aliphatic carbocycles. The van der Waals surface area contributed by atoms with E-state index < -0.39 is 10.0 Å². The fourth-order valence-corrected chi connectivity index (χ4v) is 4.45. The lowest BCUT2D eigenvalue weighted by Crippen LogP contribution is -2.43. The molecule has 1 amide bonds. The summed E-state index contributed by atoms with van der Waals surface area (Å²) in [7, 11) is 0.464. The lowest BCUT2D eigenvalue weighted by molar-refractivity contribution is -0.118. The van der Waals surface area contributed by atoms with Crippen LogP contribution in [0.2, 0.25) is 0 Å². The molecule has 0 radical (unpaired) electrons. The van der Waals surface area contributed by atoms with Crippen LogP contribution in [0, 0.1) is 0 Å². The summed E-state index contributed by atoms with van der Waals surface area (Å²) >= 11 is 0. The molecule has 2 aromatic carbocycles. The number of methoxy groups -OCH3 is 2. The summed E-state index contributed by atoms with van der Waals surface area (Å²) in [6, 6.07) is 12.1. The Kier molecular flexibility index (Phi) is 5.90. The Morgan fingerprint density at radius 2 is 1.82 bits per heavy atom. The predicted octanol–water partition coefficient (Wildman–Crippen LogP) is 2.30. The molecule has 1 heterocycles. The van der Waals surface area contributed by atoms with E-state index in [0.29, 0.717) is 18.0 Å². The molecule has 0 bridgehead atoms. The predicted molar refractivity (Wildman–Crippen MR) is 106 cm³/mol. The zero-order valence-corrected chi connectivity index (χ0v) is 17.0. The minimum Gasteiger partial charge on any atom is -0.493 e. The van der Waals surface area contributed by atoms with Crippen molar-refractivity contribution >= 4 is 21.6 Å². The number of amides is 1. The molecule has 0 saturated heterocycles. The largest absolute Gasteiger partial charge is 0.493 e. The Bertz CT molecular complexity index is 974. The molecular formula is C20H24N2O5S. The highest BCUT2D eigenvalue weighted by atomic mass is 32.2. The topological polar surface area (TPSA) is 76.2 Å². The van der Waals surface area contributed by atoms with Crippen LogP contribution in [0.1, 0.15) is 12.0 Å². The van der Waals surface area contributed by atoms with Gasteiger partial charge in [0.05, 0.1) is 25.7 Å². The smallest absolute Gasteiger partial charge is 0.243 e. The van der Waals surface area contributed by atoms with Gasteiger partial charge in [-0.15, -0.1) is 0 Å². The van der Waals surface area contributed by atoms with Crippen molar-refractivity contribution in [1.82, 2.24) is 4.31 Å². The van der Waals surface area contributed by atoms with Gasteiger partial charge in [0.15, 0.2) is 11.5 Å². The first-order valence-electron chi connectivity index (χ1n) is 8.95. The number of sulfonamides is 1. The molecule has 2 aromatic rings. The number of benzene rings is 2. The maximum absolute atomic E-state index is 12.9. The zero-order valence-electron chi connectivity index (χ0n) is 16.2. The first kappa shape index (κ1) is 20.2. The van der Waals surface area contributed by atoms with Gasteiger partial charge in [-0.3, -0.25) is 4.79 Å². The Labute approximate surface area is 165 Å².